The van der Waals surface area contributed by atoms with E-state index in [-0.39, 0.29) is 17.7 Å². The first-order valence-corrected chi connectivity index (χ1v) is 7.70. The average molecular weight is 319 g/mol. The molecule has 0 aliphatic rings. The summed E-state index contributed by atoms with van der Waals surface area (Å²) in [6.07, 6.45) is 0. The summed E-state index contributed by atoms with van der Waals surface area (Å²) in [5.41, 5.74) is 2.02. The van der Waals surface area contributed by atoms with E-state index in [9.17, 15) is 8.78 Å². The number of nitrogens with one attached hydrogen (secondary N) is 1. The lowest BCUT2D eigenvalue weighted by Gasteiger charge is -2.19. The molecule has 2 aromatic carbocycles. The molecular formula is C19H23F2NO. The van der Waals surface area contributed by atoms with Crippen molar-refractivity contribution in [2.24, 2.45) is 0 Å². The Morgan fingerprint density at radius 1 is 0.913 bits per heavy atom. The summed E-state index contributed by atoms with van der Waals surface area (Å²) in [5.74, 6) is -1.05. The first kappa shape index (κ1) is 17.6. The van der Waals surface area contributed by atoms with E-state index in [1.807, 2.05) is 45.0 Å². The Bertz CT molecular complexity index is 630. The minimum atomic E-state index is -0.523. The van der Waals surface area contributed by atoms with E-state index in [4.69, 9.17) is 4.74 Å². The van der Waals surface area contributed by atoms with E-state index in [2.05, 4.69) is 5.32 Å². The van der Waals surface area contributed by atoms with Crippen LogP contribution in [0.3, 0.4) is 0 Å². The van der Waals surface area contributed by atoms with Crippen LogP contribution in [0.5, 0.6) is 0 Å². The second-order valence-electron chi connectivity index (χ2n) is 6.52. The summed E-state index contributed by atoms with van der Waals surface area (Å²) < 4.78 is 32.9. The van der Waals surface area contributed by atoms with E-state index in [1.165, 1.54) is 18.2 Å². The number of rotatable bonds is 6. The fourth-order valence-electron chi connectivity index (χ4n) is 2.16. The highest BCUT2D eigenvalue weighted by Gasteiger charge is 2.10. The van der Waals surface area contributed by atoms with Crippen molar-refractivity contribution >= 4 is 0 Å². The van der Waals surface area contributed by atoms with E-state index >= 15 is 0 Å². The third-order valence-corrected chi connectivity index (χ3v) is 3.36. The summed E-state index contributed by atoms with van der Waals surface area (Å²) in [4.78, 5) is 0. The van der Waals surface area contributed by atoms with Crippen molar-refractivity contribution in [3.63, 3.8) is 0 Å². The number of hydrogen-bond acceptors (Lipinski definition) is 2. The minimum Gasteiger partial charge on any atom is -0.371 e. The molecular weight excluding hydrogens is 296 g/mol. The van der Waals surface area contributed by atoms with Gasteiger partial charge in [0.05, 0.1) is 12.2 Å². The Morgan fingerprint density at radius 2 is 1.52 bits per heavy atom. The number of ether oxygens (including phenoxy) is 1. The molecule has 2 nitrogen and oxygen atoms in total. The zero-order valence-electron chi connectivity index (χ0n) is 13.8. The maximum absolute atomic E-state index is 13.6. The maximum Gasteiger partial charge on any atom is 0.130 e. The molecule has 23 heavy (non-hydrogen) atoms. The second kappa shape index (κ2) is 7.66. The molecule has 0 saturated heterocycles. The quantitative estimate of drug-likeness (QED) is 0.842. The van der Waals surface area contributed by atoms with E-state index in [0.717, 1.165) is 11.1 Å². The van der Waals surface area contributed by atoms with E-state index in [0.29, 0.717) is 13.2 Å². The fraction of sp³-hybridized carbons (Fsp3) is 0.368. The van der Waals surface area contributed by atoms with Crippen LogP contribution in [0.1, 0.15) is 37.5 Å². The molecule has 0 fully saturated rings. The van der Waals surface area contributed by atoms with Crippen LogP contribution in [-0.4, -0.2) is 5.60 Å². The van der Waals surface area contributed by atoms with Gasteiger partial charge in [-0.05, 0) is 44.0 Å². The predicted molar refractivity (Wildman–Crippen MR) is 87.9 cm³/mol. The Morgan fingerprint density at radius 3 is 2.17 bits per heavy atom. The van der Waals surface area contributed by atoms with Crippen LogP contribution in [0.2, 0.25) is 0 Å². The van der Waals surface area contributed by atoms with Crippen molar-refractivity contribution < 1.29 is 13.5 Å². The van der Waals surface area contributed by atoms with Crippen LogP contribution in [-0.2, 0) is 24.4 Å². The van der Waals surface area contributed by atoms with Gasteiger partial charge >= 0.3 is 0 Å². The first-order chi connectivity index (χ1) is 10.8. The first-order valence-electron chi connectivity index (χ1n) is 7.70. The molecule has 2 rings (SSSR count). The van der Waals surface area contributed by atoms with Gasteiger partial charge in [0.1, 0.15) is 11.6 Å². The summed E-state index contributed by atoms with van der Waals surface area (Å²) in [6.45, 7) is 7.28. The summed E-state index contributed by atoms with van der Waals surface area (Å²) >= 11 is 0. The van der Waals surface area contributed by atoms with Crippen LogP contribution < -0.4 is 5.32 Å². The van der Waals surface area contributed by atoms with Crippen LogP contribution in [0.15, 0.2) is 42.5 Å². The Hall–Kier alpha value is -1.78. The fourth-order valence-corrected chi connectivity index (χ4v) is 2.16. The topological polar surface area (TPSA) is 21.3 Å². The molecule has 2 aromatic rings. The van der Waals surface area contributed by atoms with Crippen molar-refractivity contribution in [1.29, 1.82) is 0 Å². The van der Waals surface area contributed by atoms with Gasteiger partial charge in [0, 0.05) is 18.7 Å². The highest BCUT2D eigenvalue weighted by molar-refractivity contribution is 5.23. The van der Waals surface area contributed by atoms with Crippen LogP contribution in [0, 0.1) is 11.6 Å². The molecule has 0 atom stereocenters. The lowest BCUT2D eigenvalue weighted by Crippen LogP contribution is -2.19. The van der Waals surface area contributed by atoms with Gasteiger partial charge in [-0.1, -0.05) is 30.3 Å². The molecule has 0 heterocycles. The van der Waals surface area contributed by atoms with Crippen LogP contribution >= 0.6 is 0 Å². The number of halogens is 2. The average Bonchev–Trinajstić information content (AvgIpc) is 2.48. The highest BCUT2D eigenvalue weighted by atomic mass is 19.1. The Balaban J connectivity index is 1.91. The molecule has 4 heteroatoms. The van der Waals surface area contributed by atoms with Crippen molar-refractivity contribution in [3.8, 4) is 0 Å². The molecule has 0 saturated carbocycles. The van der Waals surface area contributed by atoms with Crippen molar-refractivity contribution in [1.82, 2.24) is 5.32 Å². The molecule has 0 aromatic heterocycles. The van der Waals surface area contributed by atoms with Gasteiger partial charge in [-0.2, -0.15) is 0 Å². The highest BCUT2D eigenvalue weighted by Crippen LogP contribution is 2.14. The van der Waals surface area contributed by atoms with Gasteiger partial charge in [-0.15, -0.1) is 0 Å². The van der Waals surface area contributed by atoms with Crippen molar-refractivity contribution in [2.45, 2.75) is 46.1 Å². The smallest absolute Gasteiger partial charge is 0.130 e. The minimum absolute atomic E-state index is 0.0692. The van der Waals surface area contributed by atoms with Gasteiger partial charge in [0.15, 0.2) is 0 Å². The SMILES string of the molecule is CC(C)(C)OCc1cccc(CNCc2c(F)cccc2F)c1. The molecule has 0 amide bonds. The molecule has 0 radical (unpaired) electrons. The lowest BCUT2D eigenvalue weighted by molar-refractivity contribution is -0.0149. The monoisotopic (exact) mass is 319 g/mol. The predicted octanol–water partition coefficient (Wildman–Crippen LogP) is 4.57. The maximum atomic E-state index is 13.6. The van der Waals surface area contributed by atoms with Gasteiger partial charge in [0.2, 0.25) is 0 Å². The summed E-state index contributed by atoms with van der Waals surface area (Å²) in [7, 11) is 0. The molecule has 1 N–H and O–H groups in total. The number of benzene rings is 2. The third-order valence-electron chi connectivity index (χ3n) is 3.36. The summed E-state index contributed by atoms with van der Waals surface area (Å²) in [6, 6.07) is 11.9. The summed E-state index contributed by atoms with van der Waals surface area (Å²) in [5, 5.41) is 3.08. The molecule has 124 valence electrons. The van der Waals surface area contributed by atoms with E-state index in [1.54, 1.807) is 0 Å². The van der Waals surface area contributed by atoms with Crippen molar-refractivity contribution in [2.75, 3.05) is 0 Å². The van der Waals surface area contributed by atoms with Crippen LogP contribution in [0.4, 0.5) is 8.78 Å². The number of hydrogen-bond donors (Lipinski definition) is 1. The zero-order chi connectivity index (χ0) is 16.9. The van der Waals surface area contributed by atoms with Gasteiger partial charge in [0.25, 0.3) is 0 Å². The largest absolute Gasteiger partial charge is 0.371 e. The van der Waals surface area contributed by atoms with Gasteiger partial charge in [-0.3, -0.25) is 0 Å². The van der Waals surface area contributed by atoms with Gasteiger partial charge < -0.3 is 10.1 Å². The Labute approximate surface area is 136 Å². The normalized spacial score (nSPS) is 11.7. The van der Waals surface area contributed by atoms with Gasteiger partial charge in [-0.25, -0.2) is 8.78 Å². The van der Waals surface area contributed by atoms with Crippen molar-refractivity contribution in [3.05, 3.63) is 70.8 Å². The molecule has 0 spiro atoms. The van der Waals surface area contributed by atoms with E-state index < -0.39 is 11.6 Å². The standard InChI is InChI=1S/C19H23F2NO/c1-19(2,3)23-13-15-7-4-6-14(10-15)11-22-12-16-17(20)8-5-9-18(16)21/h4-10,22H,11-13H2,1-3H3. The van der Waals surface area contributed by atoms with Crippen LogP contribution in [0.25, 0.3) is 0 Å². The lowest BCUT2D eigenvalue weighted by atomic mass is 10.1. The zero-order valence-corrected chi connectivity index (χ0v) is 13.8. The Kier molecular flexibility index (Phi) is 5.85. The third kappa shape index (κ3) is 5.73. The molecule has 0 aliphatic heterocycles. The second-order valence-corrected chi connectivity index (χ2v) is 6.52. The molecule has 0 aliphatic carbocycles. The molecule has 0 unspecified atom stereocenters. The molecule has 0 bridgehead atoms.